The molecule has 3 rings (SSSR count). The predicted molar refractivity (Wildman–Crippen MR) is 113 cm³/mol. The number of piperidine rings is 1. The molecule has 0 radical (unpaired) electrons. The molecule has 2 fully saturated rings. The Bertz CT molecular complexity index is 634. The largest absolute Gasteiger partial charge is 0.463 e. The van der Waals surface area contributed by atoms with Crippen LogP contribution in [0.25, 0.3) is 0 Å². The fraction of sp³-hybridized carbons (Fsp3) is 0.636. The molecule has 0 aromatic heterocycles. The van der Waals surface area contributed by atoms with E-state index in [1.54, 1.807) is 0 Å². The third-order valence-corrected chi connectivity index (χ3v) is 5.73. The van der Waals surface area contributed by atoms with Gasteiger partial charge in [0.2, 0.25) is 0 Å². The number of benzene rings is 1. The van der Waals surface area contributed by atoms with Crippen LogP contribution in [-0.4, -0.2) is 37.1 Å². The lowest BCUT2D eigenvalue weighted by Gasteiger charge is -2.28. The van der Waals surface area contributed by atoms with E-state index in [1.165, 1.54) is 5.56 Å². The standard InChI is InChI=1S/C22H32N2O3.ClH/c1-15(2)27-22(26)19-7-9-20(10-8-19)24-21(25)18-5-3-16(4-6-18)17-11-13-23-14-12-17;/h3-6,15,17,19-20,23H,7-14H2,1-2H3,(H,24,25);1H/t19-,20-;. The van der Waals surface area contributed by atoms with Crippen molar-refractivity contribution in [2.24, 2.45) is 5.92 Å². The number of esters is 1. The summed E-state index contributed by atoms with van der Waals surface area (Å²) in [5, 5.41) is 6.52. The highest BCUT2D eigenvalue weighted by atomic mass is 35.5. The Morgan fingerprint density at radius 2 is 1.61 bits per heavy atom. The first kappa shape index (κ1) is 22.7. The lowest BCUT2D eigenvalue weighted by molar-refractivity contribution is -0.153. The van der Waals surface area contributed by atoms with Crippen molar-refractivity contribution in [3.63, 3.8) is 0 Å². The van der Waals surface area contributed by atoms with Gasteiger partial charge in [-0.3, -0.25) is 9.59 Å². The van der Waals surface area contributed by atoms with Crippen molar-refractivity contribution < 1.29 is 14.3 Å². The van der Waals surface area contributed by atoms with Crippen molar-refractivity contribution >= 4 is 24.3 Å². The van der Waals surface area contributed by atoms with Crippen LogP contribution in [0, 0.1) is 5.92 Å². The third kappa shape index (κ3) is 6.21. The Balaban J connectivity index is 0.00000280. The molecule has 28 heavy (non-hydrogen) atoms. The first-order valence-electron chi connectivity index (χ1n) is 10.3. The van der Waals surface area contributed by atoms with Crippen LogP contribution in [0.4, 0.5) is 0 Å². The summed E-state index contributed by atoms with van der Waals surface area (Å²) in [4.78, 5) is 24.6. The highest BCUT2D eigenvalue weighted by Gasteiger charge is 2.28. The van der Waals surface area contributed by atoms with E-state index >= 15 is 0 Å². The summed E-state index contributed by atoms with van der Waals surface area (Å²) < 4.78 is 5.31. The number of halogens is 1. The third-order valence-electron chi connectivity index (χ3n) is 5.73. The van der Waals surface area contributed by atoms with Gasteiger partial charge in [0.1, 0.15) is 0 Å². The van der Waals surface area contributed by atoms with Crippen LogP contribution in [0.2, 0.25) is 0 Å². The van der Waals surface area contributed by atoms with Crippen LogP contribution in [-0.2, 0) is 9.53 Å². The maximum atomic E-state index is 12.5. The highest BCUT2D eigenvalue weighted by molar-refractivity contribution is 5.94. The van der Waals surface area contributed by atoms with Crippen LogP contribution in [0.5, 0.6) is 0 Å². The summed E-state index contributed by atoms with van der Waals surface area (Å²) in [5.41, 5.74) is 2.05. The average molecular weight is 409 g/mol. The SMILES string of the molecule is CC(C)OC(=O)[C@H]1CC[C@H](NC(=O)c2ccc(C3CCNCC3)cc2)CC1.Cl. The van der Waals surface area contributed by atoms with Crippen LogP contribution >= 0.6 is 12.4 Å². The van der Waals surface area contributed by atoms with Crippen molar-refractivity contribution in [3.8, 4) is 0 Å². The number of hydrogen-bond acceptors (Lipinski definition) is 4. The molecule has 1 aromatic rings. The zero-order valence-electron chi connectivity index (χ0n) is 16.9. The quantitative estimate of drug-likeness (QED) is 0.727. The van der Waals surface area contributed by atoms with Gasteiger partial charge in [0, 0.05) is 11.6 Å². The smallest absolute Gasteiger partial charge is 0.309 e. The van der Waals surface area contributed by atoms with Crippen LogP contribution < -0.4 is 10.6 Å². The number of carbonyl (C=O) groups excluding carboxylic acids is 2. The molecular formula is C22H33ClN2O3. The van der Waals surface area contributed by atoms with E-state index in [1.807, 2.05) is 26.0 Å². The highest BCUT2D eigenvalue weighted by Crippen LogP contribution is 2.27. The summed E-state index contributed by atoms with van der Waals surface area (Å²) in [7, 11) is 0. The first-order chi connectivity index (χ1) is 13.0. The molecule has 0 unspecified atom stereocenters. The molecule has 5 nitrogen and oxygen atoms in total. The monoisotopic (exact) mass is 408 g/mol. The molecule has 1 aliphatic carbocycles. The molecular weight excluding hydrogens is 376 g/mol. The minimum absolute atomic E-state index is 0. The van der Waals surface area contributed by atoms with Crippen molar-refractivity contribution in [3.05, 3.63) is 35.4 Å². The Labute approximate surface area is 174 Å². The van der Waals surface area contributed by atoms with Crippen LogP contribution in [0.15, 0.2) is 24.3 Å². The van der Waals surface area contributed by atoms with Gasteiger partial charge >= 0.3 is 5.97 Å². The minimum atomic E-state index is -0.0942. The molecule has 156 valence electrons. The van der Waals surface area contributed by atoms with Crippen LogP contribution in [0.1, 0.15) is 74.2 Å². The molecule has 0 spiro atoms. The van der Waals surface area contributed by atoms with Gasteiger partial charge in [0.15, 0.2) is 0 Å². The van der Waals surface area contributed by atoms with Gasteiger partial charge in [-0.05, 0) is 89.1 Å². The Morgan fingerprint density at radius 1 is 1.00 bits per heavy atom. The summed E-state index contributed by atoms with van der Waals surface area (Å²) in [6, 6.07) is 8.23. The van der Waals surface area contributed by atoms with Gasteiger partial charge in [0.05, 0.1) is 12.0 Å². The van der Waals surface area contributed by atoms with Gasteiger partial charge in [-0.15, -0.1) is 12.4 Å². The van der Waals surface area contributed by atoms with E-state index in [0.29, 0.717) is 11.5 Å². The fourth-order valence-electron chi connectivity index (χ4n) is 4.13. The number of amides is 1. The second-order valence-corrected chi connectivity index (χ2v) is 8.15. The van der Waals surface area contributed by atoms with Crippen LogP contribution in [0.3, 0.4) is 0 Å². The summed E-state index contributed by atoms with van der Waals surface area (Å²) in [5.74, 6) is 0.470. The van der Waals surface area contributed by atoms with Gasteiger partial charge < -0.3 is 15.4 Å². The molecule has 6 heteroatoms. The van der Waals surface area contributed by atoms with Crippen molar-refractivity contribution in [2.45, 2.75) is 70.4 Å². The molecule has 1 amide bonds. The van der Waals surface area contributed by atoms with Crippen molar-refractivity contribution in [1.29, 1.82) is 0 Å². The van der Waals surface area contributed by atoms with E-state index in [2.05, 4.69) is 22.8 Å². The molecule has 0 atom stereocenters. The lowest BCUT2D eigenvalue weighted by Crippen LogP contribution is -2.39. The molecule has 1 aromatic carbocycles. The van der Waals surface area contributed by atoms with E-state index in [9.17, 15) is 9.59 Å². The summed E-state index contributed by atoms with van der Waals surface area (Å²) in [6.07, 6.45) is 5.48. The number of rotatable bonds is 5. The second-order valence-electron chi connectivity index (χ2n) is 8.15. The predicted octanol–water partition coefficient (Wildman–Crippen LogP) is 3.82. The zero-order valence-corrected chi connectivity index (χ0v) is 17.7. The van der Waals surface area contributed by atoms with Crippen molar-refractivity contribution in [1.82, 2.24) is 10.6 Å². The van der Waals surface area contributed by atoms with E-state index in [0.717, 1.165) is 51.6 Å². The van der Waals surface area contributed by atoms with E-state index in [-0.39, 0.29) is 42.3 Å². The summed E-state index contributed by atoms with van der Waals surface area (Å²) >= 11 is 0. The van der Waals surface area contributed by atoms with Gasteiger partial charge in [0.25, 0.3) is 5.91 Å². The number of nitrogens with one attached hydrogen (secondary N) is 2. The number of hydrogen-bond donors (Lipinski definition) is 2. The molecule has 1 aliphatic heterocycles. The van der Waals surface area contributed by atoms with E-state index < -0.39 is 0 Å². The average Bonchev–Trinajstić information content (AvgIpc) is 2.69. The minimum Gasteiger partial charge on any atom is -0.463 e. The molecule has 1 saturated heterocycles. The maximum absolute atomic E-state index is 12.5. The number of carbonyl (C=O) groups is 2. The Morgan fingerprint density at radius 3 is 2.18 bits per heavy atom. The van der Waals surface area contributed by atoms with Gasteiger partial charge in [-0.25, -0.2) is 0 Å². The van der Waals surface area contributed by atoms with E-state index in [4.69, 9.17) is 4.74 Å². The van der Waals surface area contributed by atoms with Crippen molar-refractivity contribution in [2.75, 3.05) is 13.1 Å². The first-order valence-corrected chi connectivity index (χ1v) is 10.3. The maximum Gasteiger partial charge on any atom is 0.309 e. The molecule has 2 aliphatic rings. The summed E-state index contributed by atoms with van der Waals surface area (Å²) in [6.45, 7) is 5.89. The van der Waals surface area contributed by atoms with Gasteiger partial charge in [-0.1, -0.05) is 12.1 Å². The molecule has 1 heterocycles. The normalized spacial score (nSPS) is 23.0. The molecule has 0 bridgehead atoms. The Hall–Kier alpha value is -1.59. The lowest BCUT2D eigenvalue weighted by atomic mass is 9.86. The van der Waals surface area contributed by atoms with Gasteiger partial charge in [-0.2, -0.15) is 0 Å². The Kier molecular flexibility index (Phi) is 8.77. The molecule has 1 saturated carbocycles. The number of ether oxygens (including phenoxy) is 1. The molecule has 2 N–H and O–H groups in total. The fourth-order valence-corrected chi connectivity index (χ4v) is 4.13. The zero-order chi connectivity index (χ0) is 19.2. The topological polar surface area (TPSA) is 67.4 Å². The second kappa shape index (κ2) is 10.8.